The molecule has 1 aromatic carbocycles. The Balaban J connectivity index is 1.84. The standard InChI is InChI=1S/C15H11NO4/c17-14(18)9-10-1-3-11(4-2-10)20-15-12-6-8-19-13(12)5-7-16-15/h1-8H,9H2,(H,17,18). The Morgan fingerprint density at radius 1 is 1.20 bits per heavy atom. The number of pyridine rings is 1. The maximum absolute atomic E-state index is 10.6. The van der Waals surface area contributed by atoms with Gasteiger partial charge in [0.2, 0.25) is 5.88 Å². The molecule has 0 unspecified atom stereocenters. The van der Waals surface area contributed by atoms with Gasteiger partial charge in [0.1, 0.15) is 11.3 Å². The molecule has 5 heteroatoms. The molecule has 0 aliphatic heterocycles. The van der Waals surface area contributed by atoms with Gasteiger partial charge in [0, 0.05) is 6.20 Å². The maximum atomic E-state index is 10.6. The lowest BCUT2D eigenvalue weighted by Gasteiger charge is -2.06. The van der Waals surface area contributed by atoms with E-state index in [1.165, 1.54) is 0 Å². The van der Waals surface area contributed by atoms with Crippen molar-refractivity contribution in [1.82, 2.24) is 4.98 Å². The molecule has 3 rings (SSSR count). The molecule has 0 spiro atoms. The van der Waals surface area contributed by atoms with Crippen LogP contribution in [0.2, 0.25) is 0 Å². The zero-order valence-electron chi connectivity index (χ0n) is 10.4. The van der Waals surface area contributed by atoms with Crippen LogP contribution in [0.3, 0.4) is 0 Å². The smallest absolute Gasteiger partial charge is 0.307 e. The van der Waals surface area contributed by atoms with Crippen molar-refractivity contribution in [2.24, 2.45) is 0 Å². The fraction of sp³-hybridized carbons (Fsp3) is 0.0667. The first kappa shape index (κ1) is 12.2. The number of carboxylic acids is 1. The van der Waals surface area contributed by atoms with Gasteiger partial charge in [-0.15, -0.1) is 0 Å². The molecule has 2 heterocycles. The number of nitrogens with zero attached hydrogens (tertiary/aromatic N) is 1. The van der Waals surface area contributed by atoms with Crippen molar-refractivity contribution < 1.29 is 19.1 Å². The van der Waals surface area contributed by atoms with Gasteiger partial charge in [0.15, 0.2) is 0 Å². The minimum atomic E-state index is -0.858. The second kappa shape index (κ2) is 5.05. The second-order valence-corrected chi connectivity index (χ2v) is 4.27. The number of hydrogen-bond acceptors (Lipinski definition) is 4. The Hall–Kier alpha value is -2.82. The van der Waals surface area contributed by atoms with E-state index in [0.717, 1.165) is 10.9 Å². The molecule has 0 aliphatic rings. The van der Waals surface area contributed by atoms with Gasteiger partial charge < -0.3 is 14.3 Å². The van der Waals surface area contributed by atoms with Gasteiger partial charge in [-0.25, -0.2) is 4.98 Å². The average molecular weight is 269 g/mol. The summed E-state index contributed by atoms with van der Waals surface area (Å²) in [5, 5.41) is 9.51. The molecule has 5 nitrogen and oxygen atoms in total. The quantitative estimate of drug-likeness (QED) is 0.787. The summed E-state index contributed by atoms with van der Waals surface area (Å²) < 4.78 is 11.0. The summed E-state index contributed by atoms with van der Waals surface area (Å²) in [5.74, 6) is 0.200. The molecule has 1 N–H and O–H groups in total. The van der Waals surface area contributed by atoms with Gasteiger partial charge in [0.25, 0.3) is 0 Å². The highest BCUT2D eigenvalue weighted by atomic mass is 16.5. The molecule has 0 fully saturated rings. The predicted molar refractivity (Wildman–Crippen MR) is 71.9 cm³/mol. The molecule has 0 aliphatic carbocycles. The summed E-state index contributed by atoms with van der Waals surface area (Å²) in [5.41, 5.74) is 1.43. The van der Waals surface area contributed by atoms with E-state index in [4.69, 9.17) is 14.3 Å². The maximum Gasteiger partial charge on any atom is 0.307 e. The molecular weight excluding hydrogens is 258 g/mol. The first-order valence-electron chi connectivity index (χ1n) is 6.03. The van der Waals surface area contributed by atoms with Gasteiger partial charge in [-0.2, -0.15) is 0 Å². The number of benzene rings is 1. The molecular formula is C15H11NO4. The topological polar surface area (TPSA) is 72.6 Å². The van der Waals surface area contributed by atoms with E-state index in [9.17, 15) is 4.79 Å². The van der Waals surface area contributed by atoms with Crippen LogP contribution in [0.15, 0.2) is 53.3 Å². The van der Waals surface area contributed by atoms with E-state index in [1.54, 1.807) is 48.9 Å². The summed E-state index contributed by atoms with van der Waals surface area (Å²) in [6.07, 6.45) is 3.19. The van der Waals surface area contributed by atoms with Gasteiger partial charge >= 0.3 is 5.97 Å². The van der Waals surface area contributed by atoms with E-state index in [0.29, 0.717) is 17.2 Å². The van der Waals surface area contributed by atoms with Crippen LogP contribution in [0.1, 0.15) is 5.56 Å². The van der Waals surface area contributed by atoms with E-state index in [1.807, 2.05) is 0 Å². The van der Waals surface area contributed by atoms with Crippen LogP contribution in [0.4, 0.5) is 0 Å². The number of carbonyl (C=O) groups is 1. The third-order valence-electron chi connectivity index (χ3n) is 2.84. The van der Waals surface area contributed by atoms with Crippen LogP contribution in [0.25, 0.3) is 11.0 Å². The van der Waals surface area contributed by atoms with Crippen LogP contribution in [-0.4, -0.2) is 16.1 Å². The average Bonchev–Trinajstić information content (AvgIpc) is 2.90. The SMILES string of the molecule is O=C(O)Cc1ccc(Oc2nccc3occc23)cc1. The van der Waals surface area contributed by atoms with Crippen molar-refractivity contribution in [3.05, 3.63) is 54.4 Å². The lowest BCUT2D eigenvalue weighted by Crippen LogP contribution is -1.99. The Morgan fingerprint density at radius 2 is 2.00 bits per heavy atom. The van der Waals surface area contributed by atoms with Gasteiger partial charge in [-0.05, 0) is 29.8 Å². The van der Waals surface area contributed by atoms with E-state index < -0.39 is 5.97 Å². The summed E-state index contributed by atoms with van der Waals surface area (Å²) in [7, 11) is 0. The molecule has 100 valence electrons. The Bertz CT molecular complexity index is 746. The van der Waals surface area contributed by atoms with Gasteiger partial charge in [-0.3, -0.25) is 4.79 Å². The van der Waals surface area contributed by atoms with Crippen LogP contribution < -0.4 is 4.74 Å². The van der Waals surface area contributed by atoms with Crippen molar-refractivity contribution >= 4 is 16.9 Å². The highest BCUT2D eigenvalue weighted by Crippen LogP contribution is 2.28. The third kappa shape index (κ3) is 2.47. The molecule has 0 atom stereocenters. The lowest BCUT2D eigenvalue weighted by molar-refractivity contribution is -0.136. The molecule has 0 saturated heterocycles. The van der Waals surface area contributed by atoms with Crippen molar-refractivity contribution in [3.63, 3.8) is 0 Å². The first-order valence-corrected chi connectivity index (χ1v) is 6.03. The van der Waals surface area contributed by atoms with E-state index in [2.05, 4.69) is 4.98 Å². The molecule has 0 saturated carbocycles. The number of carboxylic acid groups (broad SMARTS) is 1. The number of fused-ring (bicyclic) bond motifs is 1. The fourth-order valence-electron chi connectivity index (χ4n) is 1.91. The van der Waals surface area contributed by atoms with Crippen molar-refractivity contribution in [1.29, 1.82) is 0 Å². The largest absolute Gasteiger partial charge is 0.481 e. The molecule has 0 bridgehead atoms. The molecule has 3 aromatic rings. The van der Waals surface area contributed by atoms with Crippen molar-refractivity contribution in [3.8, 4) is 11.6 Å². The third-order valence-corrected chi connectivity index (χ3v) is 2.84. The lowest BCUT2D eigenvalue weighted by atomic mass is 10.1. The van der Waals surface area contributed by atoms with E-state index >= 15 is 0 Å². The summed E-state index contributed by atoms with van der Waals surface area (Å²) in [4.78, 5) is 14.8. The highest BCUT2D eigenvalue weighted by molar-refractivity contribution is 5.82. The Morgan fingerprint density at radius 3 is 2.75 bits per heavy atom. The Labute approximate surface area is 114 Å². The zero-order valence-corrected chi connectivity index (χ0v) is 10.4. The molecule has 20 heavy (non-hydrogen) atoms. The summed E-state index contributed by atoms with van der Waals surface area (Å²) >= 11 is 0. The number of aromatic nitrogens is 1. The van der Waals surface area contributed by atoms with Crippen LogP contribution in [0.5, 0.6) is 11.6 Å². The van der Waals surface area contributed by atoms with Crippen molar-refractivity contribution in [2.45, 2.75) is 6.42 Å². The zero-order chi connectivity index (χ0) is 13.9. The summed E-state index contributed by atoms with van der Waals surface area (Å²) in [6, 6.07) is 10.4. The number of rotatable bonds is 4. The van der Waals surface area contributed by atoms with Crippen LogP contribution in [0, 0.1) is 0 Å². The fourth-order valence-corrected chi connectivity index (χ4v) is 1.91. The minimum absolute atomic E-state index is 0.00412. The van der Waals surface area contributed by atoms with E-state index in [-0.39, 0.29) is 6.42 Å². The normalized spacial score (nSPS) is 10.6. The Kier molecular flexibility index (Phi) is 3.09. The first-order chi connectivity index (χ1) is 9.72. The minimum Gasteiger partial charge on any atom is -0.481 e. The van der Waals surface area contributed by atoms with Crippen molar-refractivity contribution in [2.75, 3.05) is 0 Å². The predicted octanol–water partition coefficient (Wildman–Crippen LogP) is 3.25. The molecule has 0 amide bonds. The highest BCUT2D eigenvalue weighted by Gasteiger charge is 2.07. The van der Waals surface area contributed by atoms with Gasteiger partial charge in [0.05, 0.1) is 18.1 Å². The molecule has 0 radical (unpaired) electrons. The number of hydrogen-bond donors (Lipinski definition) is 1. The molecule has 2 aromatic heterocycles. The summed E-state index contributed by atoms with van der Waals surface area (Å²) in [6.45, 7) is 0. The second-order valence-electron chi connectivity index (χ2n) is 4.27. The number of aliphatic carboxylic acids is 1. The number of furan rings is 1. The van der Waals surface area contributed by atoms with Crippen LogP contribution >= 0.6 is 0 Å². The number of ether oxygens (including phenoxy) is 1. The van der Waals surface area contributed by atoms with Gasteiger partial charge in [-0.1, -0.05) is 12.1 Å². The van der Waals surface area contributed by atoms with Crippen LogP contribution in [-0.2, 0) is 11.2 Å². The monoisotopic (exact) mass is 269 g/mol.